The average molecular weight is 212 g/mol. The van der Waals surface area contributed by atoms with Crippen LogP contribution in [-0.2, 0) is 4.79 Å². The van der Waals surface area contributed by atoms with Gasteiger partial charge in [-0.3, -0.25) is 4.79 Å². The molecule has 88 valence electrons. The molecule has 0 spiro atoms. The Bertz CT molecular complexity index is 222. The Labute approximate surface area is 92.8 Å². The summed E-state index contributed by atoms with van der Waals surface area (Å²) in [7, 11) is 0. The highest BCUT2D eigenvalue weighted by Gasteiger charge is 2.30. The van der Waals surface area contributed by atoms with E-state index in [1.807, 2.05) is 13.8 Å². The fourth-order valence-electron chi connectivity index (χ4n) is 1.56. The van der Waals surface area contributed by atoms with E-state index in [-0.39, 0.29) is 5.91 Å². The van der Waals surface area contributed by atoms with Crippen molar-refractivity contribution < 1.29 is 4.79 Å². The van der Waals surface area contributed by atoms with E-state index in [0.29, 0.717) is 12.6 Å². The Kier molecular flexibility index (Phi) is 4.14. The number of hydrogen-bond acceptors (Lipinski definition) is 2. The van der Waals surface area contributed by atoms with Gasteiger partial charge in [0.1, 0.15) is 0 Å². The smallest absolute Gasteiger partial charge is 0.227 e. The first-order valence-electron chi connectivity index (χ1n) is 6.00. The molecule has 3 heteroatoms. The molecule has 0 aromatic carbocycles. The largest absolute Gasteiger partial charge is 0.353 e. The number of amides is 1. The van der Waals surface area contributed by atoms with Crippen LogP contribution in [0.2, 0.25) is 0 Å². The molecule has 1 rings (SSSR count). The second-order valence-corrected chi connectivity index (χ2v) is 5.35. The van der Waals surface area contributed by atoms with Crippen molar-refractivity contribution in [3.63, 3.8) is 0 Å². The third-order valence-corrected chi connectivity index (χ3v) is 3.27. The summed E-state index contributed by atoms with van der Waals surface area (Å²) >= 11 is 0. The summed E-state index contributed by atoms with van der Waals surface area (Å²) in [4.78, 5) is 11.9. The van der Waals surface area contributed by atoms with Gasteiger partial charge in [-0.05, 0) is 32.6 Å². The lowest BCUT2D eigenvalue weighted by Gasteiger charge is -2.25. The molecule has 15 heavy (non-hydrogen) atoms. The van der Waals surface area contributed by atoms with Gasteiger partial charge < -0.3 is 11.1 Å². The minimum Gasteiger partial charge on any atom is -0.353 e. The van der Waals surface area contributed by atoms with E-state index in [2.05, 4.69) is 12.2 Å². The average Bonchev–Trinajstić information content (AvgIpc) is 3.00. The van der Waals surface area contributed by atoms with E-state index in [1.165, 1.54) is 12.8 Å². The van der Waals surface area contributed by atoms with Gasteiger partial charge in [0.2, 0.25) is 5.91 Å². The van der Waals surface area contributed by atoms with Crippen LogP contribution in [0, 0.1) is 11.3 Å². The number of rotatable bonds is 6. The van der Waals surface area contributed by atoms with Crippen LogP contribution in [0.1, 0.15) is 46.5 Å². The second kappa shape index (κ2) is 4.97. The van der Waals surface area contributed by atoms with Crippen LogP contribution in [0.15, 0.2) is 0 Å². The van der Waals surface area contributed by atoms with Crippen molar-refractivity contribution in [2.75, 3.05) is 6.54 Å². The number of nitrogens with one attached hydrogen (secondary N) is 1. The molecule has 1 amide bonds. The molecule has 0 aromatic heterocycles. The van der Waals surface area contributed by atoms with E-state index in [4.69, 9.17) is 5.73 Å². The van der Waals surface area contributed by atoms with Gasteiger partial charge in [0.15, 0.2) is 0 Å². The van der Waals surface area contributed by atoms with Crippen molar-refractivity contribution >= 4 is 5.91 Å². The molecule has 0 aromatic rings. The SMILES string of the molecule is CCC(CC1CC1)NC(=O)C(C)(C)CN. The van der Waals surface area contributed by atoms with Crippen molar-refractivity contribution in [3.8, 4) is 0 Å². The maximum absolute atomic E-state index is 11.9. The number of hydrogen-bond donors (Lipinski definition) is 2. The maximum Gasteiger partial charge on any atom is 0.227 e. The molecule has 1 aliphatic rings. The molecule has 1 aliphatic carbocycles. The fourth-order valence-corrected chi connectivity index (χ4v) is 1.56. The minimum atomic E-state index is -0.434. The zero-order valence-electron chi connectivity index (χ0n) is 10.2. The topological polar surface area (TPSA) is 55.1 Å². The molecule has 0 aliphatic heterocycles. The first-order chi connectivity index (χ1) is 6.99. The van der Waals surface area contributed by atoms with E-state index in [9.17, 15) is 4.79 Å². The summed E-state index contributed by atoms with van der Waals surface area (Å²) in [5, 5.41) is 3.11. The third kappa shape index (κ3) is 3.82. The van der Waals surface area contributed by atoms with Crippen LogP contribution in [0.4, 0.5) is 0 Å². The molecule has 1 fully saturated rings. The van der Waals surface area contributed by atoms with Gasteiger partial charge in [0, 0.05) is 12.6 Å². The summed E-state index contributed by atoms with van der Waals surface area (Å²) < 4.78 is 0. The molecule has 0 bridgehead atoms. The molecule has 1 saturated carbocycles. The van der Waals surface area contributed by atoms with Crippen molar-refractivity contribution in [1.29, 1.82) is 0 Å². The van der Waals surface area contributed by atoms with Gasteiger partial charge in [0.25, 0.3) is 0 Å². The van der Waals surface area contributed by atoms with Gasteiger partial charge in [0.05, 0.1) is 5.41 Å². The van der Waals surface area contributed by atoms with Crippen molar-refractivity contribution in [2.45, 2.75) is 52.5 Å². The Balaban J connectivity index is 2.39. The van der Waals surface area contributed by atoms with Crippen LogP contribution >= 0.6 is 0 Å². The molecule has 1 unspecified atom stereocenters. The molecular formula is C12H24N2O. The van der Waals surface area contributed by atoms with Crippen LogP contribution < -0.4 is 11.1 Å². The Hall–Kier alpha value is -0.570. The lowest BCUT2D eigenvalue weighted by molar-refractivity contribution is -0.129. The Morgan fingerprint density at radius 3 is 2.53 bits per heavy atom. The van der Waals surface area contributed by atoms with E-state index >= 15 is 0 Å². The highest BCUT2D eigenvalue weighted by atomic mass is 16.2. The minimum absolute atomic E-state index is 0.0949. The number of carbonyl (C=O) groups is 1. The Morgan fingerprint density at radius 2 is 2.13 bits per heavy atom. The molecule has 3 nitrogen and oxygen atoms in total. The summed E-state index contributed by atoms with van der Waals surface area (Å²) in [6.45, 7) is 6.32. The Morgan fingerprint density at radius 1 is 1.53 bits per heavy atom. The number of carbonyl (C=O) groups excluding carboxylic acids is 1. The van der Waals surface area contributed by atoms with Gasteiger partial charge in [-0.2, -0.15) is 0 Å². The van der Waals surface area contributed by atoms with E-state index < -0.39 is 5.41 Å². The van der Waals surface area contributed by atoms with Crippen LogP contribution in [0.25, 0.3) is 0 Å². The molecule has 0 heterocycles. The molecule has 0 radical (unpaired) electrons. The fraction of sp³-hybridized carbons (Fsp3) is 0.917. The lowest BCUT2D eigenvalue weighted by Crippen LogP contribution is -2.46. The predicted octanol–water partition coefficient (Wildman–Crippen LogP) is 1.67. The predicted molar refractivity (Wildman–Crippen MR) is 62.4 cm³/mol. The van der Waals surface area contributed by atoms with Crippen molar-refractivity contribution in [1.82, 2.24) is 5.32 Å². The van der Waals surface area contributed by atoms with E-state index in [0.717, 1.165) is 18.8 Å². The highest BCUT2D eigenvalue weighted by molar-refractivity contribution is 5.82. The zero-order chi connectivity index (χ0) is 11.5. The van der Waals surface area contributed by atoms with Gasteiger partial charge in [-0.25, -0.2) is 0 Å². The monoisotopic (exact) mass is 212 g/mol. The first-order valence-corrected chi connectivity index (χ1v) is 6.00. The van der Waals surface area contributed by atoms with E-state index in [1.54, 1.807) is 0 Å². The quantitative estimate of drug-likeness (QED) is 0.703. The number of nitrogens with two attached hydrogens (primary N) is 1. The highest BCUT2D eigenvalue weighted by Crippen LogP contribution is 2.34. The van der Waals surface area contributed by atoms with Gasteiger partial charge >= 0.3 is 0 Å². The maximum atomic E-state index is 11.9. The summed E-state index contributed by atoms with van der Waals surface area (Å²) in [5.41, 5.74) is 5.14. The lowest BCUT2D eigenvalue weighted by atomic mass is 9.92. The molecule has 1 atom stereocenters. The molecule has 0 saturated heterocycles. The van der Waals surface area contributed by atoms with Gasteiger partial charge in [-0.15, -0.1) is 0 Å². The summed E-state index contributed by atoms with van der Waals surface area (Å²) in [6.07, 6.45) is 4.84. The van der Waals surface area contributed by atoms with Crippen molar-refractivity contribution in [2.24, 2.45) is 17.1 Å². The van der Waals surface area contributed by atoms with Crippen LogP contribution in [-0.4, -0.2) is 18.5 Å². The van der Waals surface area contributed by atoms with Crippen LogP contribution in [0.3, 0.4) is 0 Å². The van der Waals surface area contributed by atoms with Gasteiger partial charge in [-0.1, -0.05) is 19.8 Å². The third-order valence-electron chi connectivity index (χ3n) is 3.27. The van der Waals surface area contributed by atoms with Crippen molar-refractivity contribution in [3.05, 3.63) is 0 Å². The summed E-state index contributed by atoms with van der Waals surface area (Å²) in [6, 6.07) is 0.343. The molecule has 3 N–H and O–H groups in total. The molecular weight excluding hydrogens is 188 g/mol. The zero-order valence-corrected chi connectivity index (χ0v) is 10.2. The standard InChI is InChI=1S/C12H24N2O/c1-4-10(7-9-5-6-9)14-11(15)12(2,3)8-13/h9-10H,4-8,13H2,1-3H3,(H,14,15). The normalized spacial score (nSPS) is 18.7. The summed E-state index contributed by atoms with van der Waals surface area (Å²) in [5.74, 6) is 0.953. The van der Waals surface area contributed by atoms with Crippen LogP contribution in [0.5, 0.6) is 0 Å². The first kappa shape index (κ1) is 12.5. The second-order valence-electron chi connectivity index (χ2n) is 5.35.